The first-order valence-corrected chi connectivity index (χ1v) is 4.97. The van der Waals surface area contributed by atoms with E-state index in [0.717, 1.165) is 16.7 Å². The van der Waals surface area contributed by atoms with Crippen LogP contribution in [0.15, 0.2) is 18.2 Å². The van der Waals surface area contributed by atoms with Crippen LogP contribution in [0.25, 0.3) is 0 Å². The number of aliphatic hydroxyl groups is 1. The van der Waals surface area contributed by atoms with Gasteiger partial charge in [-0.1, -0.05) is 23.8 Å². The van der Waals surface area contributed by atoms with E-state index in [1.54, 1.807) is 0 Å². The topological polar surface area (TPSA) is 57.5 Å². The highest BCUT2D eigenvalue weighted by Gasteiger charge is 2.11. The van der Waals surface area contributed by atoms with Crippen molar-refractivity contribution in [1.29, 1.82) is 0 Å². The first-order valence-electron chi connectivity index (χ1n) is 4.97. The molecule has 15 heavy (non-hydrogen) atoms. The van der Waals surface area contributed by atoms with Gasteiger partial charge in [0.15, 0.2) is 0 Å². The van der Waals surface area contributed by atoms with Gasteiger partial charge in [-0.15, -0.1) is 0 Å². The van der Waals surface area contributed by atoms with Gasteiger partial charge in [0, 0.05) is 6.42 Å². The van der Waals surface area contributed by atoms with Gasteiger partial charge in [0.05, 0.1) is 6.10 Å². The van der Waals surface area contributed by atoms with Crippen molar-refractivity contribution < 1.29 is 15.0 Å². The monoisotopic (exact) mass is 208 g/mol. The second-order valence-corrected chi connectivity index (χ2v) is 3.81. The minimum atomic E-state index is -0.876. The molecule has 0 amide bonds. The molecule has 3 nitrogen and oxygen atoms in total. The Morgan fingerprint density at radius 2 is 2.07 bits per heavy atom. The third-order valence-electron chi connectivity index (χ3n) is 2.42. The quantitative estimate of drug-likeness (QED) is 0.797. The van der Waals surface area contributed by atoms with E-state index in [4.69, 9.17) is 5.11 Å². The number of aliphatic hydroxyl groups excluding tert-OH is 1. The zero-order valence-corrected chi connectivity index (χ0v) is 9.03. The van der Waals surface area contributed by atoms with Crippen LogP contribution in [0.2, 0.25) is 0 Å². The third kappa shape index (κ3) is 3.36. The highest BCUT2D eigenvalue weighted by Crippen LogP contribution is 2.22. The smallest absolute Gasteiger partial charge is 0.303 e. The van der Waals surface area contributed by atoms with Crippen molar-refractivity contribution in [1.82, 2.24) is 0 Å². The Balaban J connectivity index is 2.73. The SMILES string of the molecule is Cc1ccc([C@H](O)CCC(=O)O)c(C)c1. The van der Waals surface area contributed by atoms with E-state index >= 15 is 0 Å². The molecule has 1 aromatic carbocycles. The van der Waals surface area contributed by atoms with Crippen LogP contribution in [-0.2, 0) is 4.79 Å². The van der Waals surface area contributed by atoms with Crippen LogP contribution in [0, 0.1) is 13.8 Å². The number of hydrogen-bond acceptors (Lipinski definition) is 2. The summed E-state index contributed by atoms with van der Waals surface area (Å²) in [6.45, 7) is 3.91. The lowest BCUT2D eigenvalue weighted by Gasteiger charge is -2.13. The number of carboxylic acids is 1. The lowest BCUT2D eigenvalue weighted by Crippen LogP contribution is -2.04. The number of aryl methyl sites for hydroxylation is 2. The van der Waals surface area contributed by atoms with Crippen LogP contribution < -0.4 is 0 Å². The molecule has 0 aliphatic heterocycles. The summed E-state index contributed by atoms with van der Waals surface area (Å²) in [5.74, 6) is -0.876. The van der Waals surface area contributed by atoms with Gasteiger partial charge in [0.1, 0.15) is 0 Å². The second-order valence-electron chi connectivity index (χ2n) is 3.81. The molecule has 0 aliphatic carbocycles. The van der Waals surface area contributed by atoms with Crippen LogP contribution in [0.4, 0.5) is 0 Å². The zero-order chi connectivity index (χ0) is 11.4. The molecule has 82 valence electrons. The van der Waals surface area contributed by atoms with Crippen LogP contribution in [0.3, 0.4) is 0 Å². The molecular weight excluding hydrogens is 192 g/mol. The highest BCUT2D eigenvalue weighted by atomic mass is 16.4. The molecule has 0 saturated carbocycles. The zero-order valence-electron chi connectivity index (χ0n) is 9.03. The van der Waals surface area contributed by atoms with E-state index < -0.39 is 12.1 Å². The average molecular weight is 208 g/mol. The Hall–Kier alpha value is -1.35. The average Bonchev–Trinajstić information content (AvgIpc) is 2.14. The first kappa shape index (κ1) is 11.7. The van der Waals surface area contributed by atoms with Crippen molar-refractivity contribution in [3.05, 3.63) is 34.9 Å². The first-order chi connectivity index (χ1) is 7.00. The number of carboxylic acid groups (broad SMARTS) is 1. The van der Waals surface area contributed by atoms with Crippen molar-refractivity contribution >= 4 is 5.97 Å². The Kier molecular flexibility index (Phi) is 3.86. The number of aliphatic carboxylic acids is 1. The van der Waals surface area contributed by atoms with Gasteiger partial charge in [-0.2, -0.15) is 0 Å². The van der Waals surface area contributed by atoms with Crippen molar-refractivity contribution in [3.8, 4) is 0 Å². The van der Waals surface area contributed by atoms with Crippen LogP contribution in [-0.4, -0.2) is 16.2 Å². The molecule has 0 fully saturated rings. The molecule has 0 aromatic heterocycles. The van der Waals surface area contributed by atoms with Gasteiger partial charge in [-0.05, 0) is 31.4 Å². The minimum Gasteiger partial charge on any atom is -0.481 e. The second kappa shape index (κ2) is 4.94. The van der Waals surface area contributed by atoms with Gasteiger partial charge >= 0.3 is 5.97 Å². The Morgan fingerprint density at radius 3 is 2.60 bits per heavy atom. The summed E-state index contributed by atoms with van der Waals surface area (Å²) in [7, 11) is 0. The molecule has 1 aromatic rings. The molecule has 0 aliphatic rings. The fraction of sp³-hybridized carbons (Fsp3) is 0.417. The summed E-state index contributed by atoms with van der Waals surface area (Å²) < 4.78 is 0. The largest absolute Gasteiger partial charge is 0.481 e. The number of rotatable bonds is 4. The summed E-state index contributed by atoms with van der Waals surface area (Å²) in [6, 6.07) is 5.77. The van der Waals surface area contributed by atoms with Crippen LogP contribution in [0.5, 0.6) is 0 Å². The Labute approximate surface area is 89.4 Å². The normalized spacial score (nSPS) is 12.5. The maximum Gasteiger partial charge on any atom is 0.303 e. The van der Waals surface area contributed by atoms with Crippen molar-refractivity contribution in [2.45, 2.75) is 32.8 Å². The lowest BCUT2D eigenvalue weighted by molar-refractivity contribution is -0.137. The standard InChI is InChI=1S/C12H16O3/c1-8-3-4-10(9(2)7-8)11(13)5-6-12(14)15/h3-4,7,11,13H,5-6H2,1-2H3,(H,14,15)/t11-/m1/s1. The van der Waals surface area contributed by atoms with E-state index in [9.17, 15) is 9.90 Å². The molecule has 0 radical (unpaired) electrons. The van der Waals surface area contributed by atoms with Crippen molar-refractivity contribution in [2.75, 3.05) is 0 Å². The van der Waals surface area contributed by atoms with E-state index in [1.807, 2.05) is 32.0 Å². The van der Waals surface area contributed by atoms with Gasteiger partial charge < -0.3 is 10.2 Å². The summed E-state index contributed by atoms with van der Waals surface area (Å²) in [5.41, 5.74) is 2.97. The highest BCUT2D eigenvalue weighted by molar-refractivity contribution is 5.66. The van der Waals surface area contributed by atoms with Crippen LogP contribution in [0.1, 0.15) is 35.6 Å². The number of hydrogen-bond donors (Lipinski definition) is 2. The minimum absolute atomic E-state index is 0.00547. The predicted molar refractivity (Wildman–Crippen MR) is 57.7 cm³/mol. The van der Waals surface area contributed by atoms with Crippen molar-refractivity contribution in [3.63, 3.8) is 0 Å². The van der Waals surface area contributed by atoms with E-state index in [2.05, 4.69) is 0 Å². The van der Waals surface area contributed by atoms with Gasteiger partial charge in [0.25, 0.3) is 0 Å². The molecule has 0 heterocycles. The fourth-order valence-corrected chi connectivity index (χ4v) is 1.62. The third-order valence-corrected chi connectivity index (χ3v) is 2.42. The van der Waals surface area contributed by atoms with Crippen molar-refractivity contribution in [2.24, 2.45) is 0 Å². The number of benzene rings is 1. The summed E-state index contributed by atoms with van der Waals surface area (Å²) in [5, 5.41) is 18.3. The predicted octanol–water partition coefficient (Wildman–Crippen LogP) is 2.20. The molecule has 0 bridgehead atoms. The molecule has 3 heteroatoms. The van der Waals surface area contributed by atoms with Crippen LogP contribution >= 0.6 is 0 Å². The van der Waals surface area contributed by atoms with Gasteiger partial charge in [-0.25, -0.2) is 0 Å². The van der Waals surface area contributed by atoms with Gasteiger partial charge in [0.2, 0.25) is 0 Å². The maximum absolute atomic E-state index is 10.4. The molecule has 0 spiro atoms. The fourth-order valence-electron chi connectivity index (χ4n) is 1.62. The summed E-state index contributed by atoms with van der Waals surface area (Å²) >= 11 is 0. The van der Waals surface area contributed by atoms with E-state index in [-0.39, 0.29) is 12.8 Å². The molecular formula is C12H16O3. The van der Waals surface area contributed by atoms with E-state index in [0.29, 0.717) is 0 Å². The molecule has 1 rings (SSSR count). The molecule has 1 atom stereocenters. The van der Waals surface area contributed by atoms with Gasteiger partial charge in [-0.3, -0.25) is 4.79 Å². The number of carbonyl (C=O) groups is 1. The summed E-state index contributed by atoms with van der Waals surface area (Å²) in [6.07, 6.45) is -0.421. The maximum atomic E-state index is 10.4. The Morgan fingerprint density at radius 1 is 1.40 bits per heavy atom. The molecule has 0 unspecified atom stereocenters. The molecule has 2 N–H and O–H groups in total. The van der Waals surface area contributed by atoms with E-state index in [1.165, 1.54) is 0 Å². The lowest BCUT2D eigenvalue weighted by atomic mass is 9.98. The Bertz CT molecular complexity index is 358. The summed E-state index contributed by atoms with van der Waals surface area (Å²) in [4.78, 5) is 10.4. The molecule has 0 saturated heterocycles.